The Hall–Kier alpha value is -1.93. The molecule has 2 aliphatic rings. The standard InChI is InChI=1S/C17H26N4O4/c22-12-10-19-17(24)15-9-14(20-21(15)11-12)16(23)18-7-4-8-25-13-5-2-1-3-6-13/h9,12-13,22H,1-8,10-11H2,(H,18,23)(H,19,24). The molecule has 1 fully saturated rings. The van der Waals surface area contributed by atoms with Crippen molar-refractivity contribution in [3.05, 3.63) is 17.5 Å². The van der Waals surface area contributed by atoms with Crippen molar-refractivity contribution in [1.82, 2.24) is 20.4 Å². The van der Waals surface area contributed by atoms with Crippen LogP contribution in [0.1, 0.15) is 59.5 Å². The molecule has 0 bridgehead atoms. The first-order valence-electron chi connectivity index (χ1n) is 9.07. The quantitative estimate of drug-likeness (QED) is 0.646. The second-order valence-electron chi connectivity index (χ2n) is 6.70. The number of hydrogen-bond acceptors (Lipinski definition) is 5. The summed E-state index contributed by atoms with van der Waals surface area (Å²) >= 11 is 0. The second kappa shape index (κ2) is 8.44. The number of amides is 2. The number of aromatic nitrogens is 2. The highest BCUT2D eigenvalue weighted by Gasteiger charge is 2.24. The molecule has 1 atom stereocenters. The molecule has 0 spiro atoms. The Kier molecular flexibility index (Phi) is 6.04. The van der Waals surface area contributed by atoms with Gasteiger partial charge in [0.1, 0.15) is 5.69 Å². The van der Waals surface area contributed by atoms with E-state index in [2.05, 4.69) is 15.7 Å². The van der Waals surface area contributed by atoms with E-state index in [-0.39, 0.29) is 30.6 Å². The fourth-order valence-corrected chi connectivity index (χ4v) is 3.26. The summed E-state index contributed by atoms with van der Waals surface area (Å²) in [5.74, 6) is -0.649. The average Bonchev–Trinajstić information content (AvgIpc) is 2.98. The van der Waals surface area contributed by atoms with Crippen LogP contribution in [0.5, 0.6) is 0 Å². The van der Waals surface area contributed by atoms with Crippen LogP contribution in [0.25, 0.3) is 0 Å². The zero-order valence-electron chi connectivity index (χ0n) is 14.4. The molecule has 2 amide bonds. The van der Waals surface area contributed by atoms with Crippen molar-refractivity contribution in [1.29, 1.82) is 0 Å². The Balaban J connectivity index is 1.43. The van der Waals surface area contributed by atoms with E-state index in [0.29, 0.717) is 24.9 Å². The lowest BCUT2D eigenvalue weighted by atomic mass is 9.98. The number of rotatable bonds is 6. The number of aliphatic hydroxyl groups excluding tert-OH is 1. The lowest BCUT2D eigenvalue weighted by Gasteiger charge is -2.21. The van der Waals surface area contributed by atoms with Crippen LogP contribution in [-0.4, -0.2) is 58.6 Å². The number of aliphatic hydroxyl groups is 1. The van der Waals surface area contributed by atoms with E-state index >= 15 is 0 Å². The number of hydrogen-bond donors (Lipinski definition) is 3. The summed E-state index contributed by atoms with van der Waals surface area (Å²) < 4.78 is 7.21. The average molecular weight is 350 g/mol. The molecule has 3 N–H and O–H groups in total. The SMILES string of the molecule is O=C(NCCCOC1CCCCC1)c1cc2n(n1)CC(O)CNC2=O. The minimum atomic E-state index is -0.710. The smallest absolute Gasteiger partial charge is 0.271 e. The van der Waals surface area contributed by atoms with Gasteiger partial charge in [0.05, 0.1) is 18.8 Å². The molecule has 2 heterocycles. The lowest BCUT2D eigenvalue weighted by molar-refractivity contribution is 0.0273. The van der Waals surface area contributed by atoms with Gasteiger partial charge in [0.25, 0.3) is 11.8 Å². The Morgan fingerprint density at radius 1 is 1.40 bits per heavy atom. The Bertz CT molecular complexity index is 610. The van der Waals surface area contributed by atoms with Crippen LogP contribution in [0.2, 0.25) is 0 Å². The summed E-state index contributed by atoms with van der Waals surface area (Å²) in [6.07, 6.45) is 6.48. The van der Waals surface area contributed by atoms with Crippen molar-refractivity contribution in [2.75, 3.05) is 19.7 Å². The van der Waals surface area contributed by atoms with E-state index in [1.54, 1.807) is 0 Å². The van der Waals surface area contributed by atoms with Gasteiger partial charge in [0, 0.05) is 25.8 Å². The molecule has 1 aliphatic carbocycles. The molecule has 0 aromatic carbocycles. The molecule has 8 nitrogen and oxygen atoms in total. The summed E-state index contributed by atoms with van der Waals surface area (Å²) in [4.78, 5) is 24.1. The molecule has 0 saturated heterocycles. The van der Waals surface area contributed by atoms with Gasteiger partial charge in [-0.1, -0.05) is 19.3 Å². The van der Waals surface area contributed by atoms with Gasteiger partial charge in [0.15, 0.2) is 5.69 Å². The highest BCUT2D eigenvalue weighted by Crippen LogP contribution is 2.20. The van der Waals surface area contributed by atoms with Crippen molar-refractivity contribution < 1.29 is 19.4 Å². The Labute approximate surface area is 146 Å². The van der Waals surface area contributed by atoms with E-state index in [1.807, 2.05) is 0 Å². The Morgan fingerprint density at radius 3 is 3.00 bits per heavy atom. The summed E-state index contributed by atoms with van der Waals surface area (Å²) in [6, 6.07) is 1.46. The minimum absolute atomic E-state index is 0.185. The first-order chi connectivity index (χ1) is 12.1. The molecule has 3 rings (SSSR count). The molecule has 1 aromatic heterocycles. The zero-order chi connectivity index (χ0) is 17.6. The van der Waals surface area contributed by atoms with Crippen LogP contribution < -0.4 is 10.6 Å². The predicted octanol–water partition coefficient (Wildman–Crippen LogP) is 0.457. The van der Waals surface area contributed by atoms with E-state index < -0.39 is 6.10 Å². The van der Waals surface area contributed by atoms with Crippen molar-refractivity contribution >= 4 is 11.8 Å². The second-order valence-corrected chi connectivity index (χ2v) is 6.70. The van der Waals surface area contributed by atoms with Crippen LogP contribution in [0, 0.1) is 0 Å². The minimum Gasteiger partial charge on any atom is -0.389 e. The highest BCUT2D eigenvalue weighted by atomic mass is 16.5. The van der Waals surface area contributed by atoms with E-state index in [0.717, 1.165) is 19.3 Å². The lowest BCUT2D eigenvalue weighted by Crippen LogP contribution is -2.30. The van der Waals surface area contributed by atoms with E-state index in [9.17, 15) is 14.7 Å². The van der Waals surface area contributed by atoms with Crippen LogP contribution >= 0.6 is 0 Å². The third kappa shape index (κ3) is 4.79. The molecule has 0 radical (unpaired) electrons. The number of β-amino-alcohol motifs (C(OH)–C–C–N with tert-alkyl or cyclic N) is 1. The third-order valence-corrected chi connectivity index (χ3v) is 4.64. The number of ether oxygens (including phenoxy) is 1. The molecule has 1 unspecified atom stereocenters. The van der Waals surface area contributed by atoms with Crippen LogP contribution in [0.15, 0.2) is 6.07 Å². The molecule has 25 heavy (non-hydrogen) atoms. The van der Waals surface area contributed by atoms with Gasteiger partial charge in [-0.3, -0.25) is 14.3 Å². The molecule has 1 aromatic rings. The number of carbonyl (C=O) groups excluding carboxylic acids is 2. The maximum absolute atomic E-state index is 12.2. The molecular formula is C17H26N4O4. The molecule has 8 heteroatoms. The number of carbonyl (C=O) groups is 2. The first-order valence-corrected chi connectivity index (χ1v) is 9.07. The predicted molar refractivity (Wildman–Crippen MR) is 90.3 cm³/mol. The molecule has 1 saturated carbocycles. The molecule has 138 valence electrons. The highest BCUT2D eigenvalue weighted by molar-refractivity contribution is 5.98. The van der Waals surface area contributed by atoms with Crippen molar-refractivity contribution in [2.24, 2.45) is 0 Å². The molecule has 1 aliphatic heterocycles. The molecular weight excluding hydrogens is 324 g/mol. The number of nitrogens with one attached hydrogen (secondary N) is 2. The van der Waals surface area contributed by atoms with Crippen LogP contribution in [0.4, 0.5) is 0 Å². The third-order valence-electron chi connectivity index (χ3n) is 4.64. The van der Waals surface area contributed by atoms with Gasteiger partial charge in [-0.25, -0.2) is 0 Å². The topological polar surface area (TPSA) is 105 Å². The summed E-state index contributed by atoms with van der Waals surface area (Å²) in [7, 11) is 0. The maximum Gasteiger partial charge on any atom is 0.271 e. The summed E-state index contributed by atoms with van der Waals surface area (Å²) in [5, 5.41) is 19.3. The van der Waals surface area contributed by atoms with E-state index in [4.69, 9.17) is 4.74 Å². The fourth-order valence-electron chi connectivity index (χ4n) is 3.26. The monoisotopic (exact) mass is 350 g/mol. The van der Waals surface area contributed by atoms with Gasteiger partial charge >= 0.3 is 0 Å². The maximum atomic E-state index is 12.2. The van der Waals surface area contributed by atoms with Crippen molar-refractivity contribution in [2.45, 2.75) is 57.3 Å². The van der Waals surface area contributed by atoms with Gasteiger partial charge in [-0.05, 0) is 19.3 Å². The van der Waals surface area contributed by atoms with Gasteiger partial charge in [-0.2, -0.15) is 5.10 Å². The summed E-state index contributed by atoms with van der Waals surface area (Å²) in [5.41, 5.74) is 0.481. The number of fused-ring (bicyclic) bond motifs is 1. The first kappa shape index (κ1) is 17.9. The van der Waals surface area contributed by atoms with Crippen molar-refractivity contribution in [3.8, 4) is 0 Å². The number of nitrogens with zero attached hydrogens (tertiary/aromatic N) is 2. The summed E-state index contributed by atoms with van der Waals surface area (Å²) in [6.45, 7) is 1.52. The van der Waals surface area contributed by atoms with Crippen molar-refractivity contribution in [3.63, 3.8) is 0 Å². The largest absolute Gasteiger partial charge is 0.389 e. The van der Waals surface area contributed by atoms with E-state index in [1.165, 1.54) is 30.0 Å². The Morgan fingerprint density at radius 2 is 2.20 bits per heavy atom. The fraction of sp³-hybridized carbons (Fsp3) is 0.706. The van der Waals surface area contributed by atoms with Crippen LogP contribution in [-0.2, 0) is 11.3 Å². The normalized spacial score (nSPS) is 21.3. The van der Waals surface area contributed by atoms with Gasteiger partial charge < -0.3 is 20.5 Å². The van der Waals surface area contributed by atoms with Crippen LogP contribution in [0.3, 0.4) is 0 Å². The van der Waals surface area contributed by atoms with Gasteiger partial charge in [-0.15, -0.1) is 0 Å². The van der Waals surface area contributed by atoms with Gasteiger partial charge in [0.2, 0.25) is 0 Å². The zero-order valence-corrected chi connectivity index (χ0v) is 14.4.